The summed E-state index contributed by atoms with van der Waals surface area (Å²) in [6.45, 7) is 0.782. The minimum Gasteiger partial charge on any atom is -0.493 e. The Morgan fingerprint density at radius 1 is 1.26 bits per heavy atom. The third kappa shape index (κ3) is 2.73. The van der Waals surface area contributed by atoms with Crippen LogP contribution >= 0.6 is 0 Å². The van der Waals surface area contributed by atoms with Gasteiger partial charge in [0.25, 0.3) is 0 Å². The van der Waals surface area contributed by atoms with E-state index < -0.39 is 0 Å². The number of rotatable bonds is 2. The number of hydrogen-bond donors (Lipinski definition) is 2. The molecule has 1 aliphatic carbocycles. The molecular weight excluding hydrogens is 238 g/mol. The van der Waals surface area contributed by atoms with Crippen LogP contribution in [0.2, 0.25) is 0 Å². The molecule has 0 spiro atoms. The Hall–Kier alpha value is -1.55. The van der Waals surface area contributed by atoms with Crippen LogP contribution in [-0.2, 0) is 6.42 Å². The molecule has 1 aliphatic heterocycles. The second-order valence-corrected chi connectivity index (χ2v) is 5.33. The number of fused-ring (bicyclic) bond motifs is 1. The number of nitrogens with two attached hydrogens (primary N) is 1. The molecule has 1 fully saturated rings. The van der Waals surface area contributed by atoms with Crippen molar-refractivity contribution in [2.45, 2.75) is 44.6 Å². The molecule has 1 aromatic rings. The van der Waals surface area contributed by atoms with E-state index in [-0.39, 0.29) is 0 Å². The van der Waals surface area contributed by atoms with Crippen LogP contribution in [0.5, 0.6) is 5.75 Å². The molecule has 0 radical (unpaired) electrons. The smallest absolute Gasteiger partial charge is 0.142 e. The van der Waals surface area contributed by atoms with Gasteiger partial charge in [0.05, 0.1) is 12.6 Å². The topological polar surface area (TPSA) is 59.6 Å². The van der Waals surface area contributed by atoms with Gasteiger partial charge in [-0.3, -0.25) is 4.99 Å². The molecule has 2 aliphatic rings. The predicted octanol–water partition coefficient (Wildman–Crippen LogP) is 2.16. The van der Waals surface area contributed by atoms with Crippen molar-refractivity contribution >= 4 is 5.84 Å². The minimum atomic E-state index is 0.421. The zero-order chi connectivity index (χ0) is 13.1. The van der Waals surface area contributed by atoms with Gasteiger partial charge in [0.1, 0.15) is 11.6 Å². The molecule has 3 N–H and O–H groups in total. The first-order valence-corrected chi connectivity index (χ1v) is 7.17. The van der Waals surface area contributed by atoms with Crippen LogP contribution in [0.15, 0.2) is 23.2 Å². The number of amidine groups is 1. The summed E-state index contributed by atoms with van der Waals surface area (Å²) in [6.07, 6.45) is 7.24. The van der Waals surface area contributed by atoms with E-state index in [1.807, 2.05) is 12.1 Å². The summed E-state index contributed by atoms with van der Waals surface area (Å²) >= 11 is 0. The average Bonchev–Trinajstić information content (AvgIpc) is 2.93. The predicted molar refractivity (Wildman–Crippen MR) is 76.4 cm³/mol. The molecule has 0 bridgehead atoms. The number of aliphatic imine (C=N–C) groups is 1. The maximum atomic E-state index is 5.66. The Balaban J connectivity index is 1.83. The van der Waals surface area contributed by atoms with Gasteiger partial charge in [0.2, 0.25) is 0 Å². The highest BCUT2D eigenvalue weighted by Gasteiger charge is 2.16. The fraction of sp³-hybridized carbons (Fsp3) is 0.533. The van der Waals surface area contributed by atoms with Crippen molar-refractivity contribution < 1.29 is 4.74 Å². The van der Waals surface area contributed by atoms with Gasteiger partial charge >= 0.3 is 0 Å². The number of ether oxygens (including phenoxy) is 1. The summed E-state index contributed by atoms with van der Waals surface area (Å²) in [5.41, 5.74) is 5.09. The third-order valence-corrected chi connectivity index (χ3v) is 3.99. The Kier molecular flexibility index (Phi) is 3.69. The highest BCUT2D eigenvalue weighted by Crippen LogP contribution is 2.26. The Bertz CT molecular complexity index is 478. The molecule has 4 heteroatoms. The lowest BCUT2D eigenvalue weighted by atomic mass is 9.96. The van der Waals surface area contributed by atoms with Crippen LogP contribution in [0, 0.1) is 0 Å². The van der Waals surface area contributed by atoms with E-state index in [4.69, 9.17) is 15.6 Å². The highest BCUT2D eigenvalue weighted by atomic mass is 16.5. The lowest BCUT2D eigenvalue weighted by Gasteiger charge is -2.19. The van der Waals surface area contributed by atoms with Gasteiger partial charge < -0.3 is 10.2 Å². The van der Waals surface area contributed by atoms with Crippen molar-refractivity contribution in [2.75, 3.05) is 6.61 Å². The van der Waals surface area contributed by atoms with Crippen LogP contribution in [0.25, 0.3) is 0 Å². The molecule has 0 amide bonds. The van der Waals surface area contributed by atoms with Gasteiger partial charge in [-0.2, -0.15) is 0 Å². The molecule has 1 heterocycles. The lowest BCUT2D eigenvalue weighted by molar-refractivity contribution is 0.357. The van der Waals surface area contributed by atoms with E-state index in [0.717, 1.165) is 30.2 Å². The number of nitrogens with one attached hydrogen (secondary N) is 1. The Morgan fingerprint density at radius 2 is 2.11 bits per heavy atom. The van der Waals surface area contributed by atoms with Crippen LogP contribution in [0.4, 0.5) is 0 Å². The zero-order valence-electron chi connectivity index (χ0n) is 11.2. The molecule has 1 saturated carbocycles. The molecule has 1 aromatic carbocycles. The summed E-state index contributed by atoms with van der Waals surface area (Å²) < 4.78 is 5.53. The fourth-order valence-corrected chi connectivity index (χ4v) is 2.92. The largest absolute Gasteiger partial charge is 0.493 e. The molecule has 3 rings (SSSR count). The van der Waals surface area contributed by atoms with Crippen LogP contribution in [0.3, 0.4) is 0 Å². The van der Waals surface area contributed by atoms with Gasteiger partial charge in [0, 0.05) is 12.0 Å². The van der Waals surface area contributed by atoms with Crippen molar-refractivity contribution in [3.8, 4) is 5.75 Å². The van der Waals surface area contributed by atoms with Gasteiger partial charge in [0.15, 0.2) is 0 Å². The molecule has 4 nitrogen and oxygen atoms in total. The van der Waals surface area contributed by atoms with Crippen molar-refractivity contribution in [2.24, 2.45) is 10.8 Å². The van der Waals surface area contributed by atoms with E-state index in [0.29, 0.717) is 6.04 Å². The second kappa shape index (κ2) is 5.61. The summed E-state index contributed by atoms with van der Waals surface area (Å²) in [6, 6.07) is 6.62. The first-order chi connectivity index (χ1) is 9.36. The first-order valence-electron chi connectivity index (χ1n) is 7.17. The second-order valence-electron chi connectivity index (χ2n) is 5.33. The molecular formula is C15H21N3O. The average molecular weight is 259 g/mol. The summed E-state index contributed by atoms with van der Waals surface area (Å²) in [4.78, 5) is 4.79. The first kappa shape index (κ1) is 12.5. The van der Waals surface area contributed by atoms with Crippen LogP contribution in [0.1, 0.15) is 43.2 Å². The number of nitrogens with zero attached hydrogens (tertiary/aromatic N) is 1. The quantitative estimate of drug-likeness (QED) is 0.370. The minimum absolute atomic E-state index is 0.421. The van der Waals surface area contributed by atoms with Gasteiger partial charge in [-0.15, -0.1) is 0 Å². The normalized spacial score (nSPS) is 19.9. The Labute approximate surface area is 114 Å². The summed E-state index contributed by atoms with van der Waals surface area (Å²) in [5.74, 6) is 7.46. The molecule has 0 saturated heterocycles. The highest BCUT2D eigenvalue weighted by molar-refractivity contribution is 5.98. The van der Waals surface area contributed by atoms with E-state index in [2.05, 4.69) is 11.5 Å². The molecule has 0 unspecified atom stereocenters. The van der Waals surface area contributed by atoms with Gasteiger partial charge in [-0.25, -0.2) is 5.84 Å². The molecule has 0 atom stereocenters. The van der Waals surface area contributed by atoms with E-state index in [1.165, 1.54) is 37.7 Å². The summed E-state index contributed by atoms with van der Waals surface area (Å²) in [5, 5.41) is 0. The van der Waals surface area contributed by atoms with Crippen LogP contribution in [-0.4, -0.2) is 18.5 Å². The maximum Gasteiger partial charge on any atom is 0.142 e. The third-order valence-electron chi connectivity index (χ3n) is 3.99. The SMILES string of the molecule is NNC(=NC1CCCCC1)c1ccc2c(c1)CCO2. The molecule has 0 aromatic heterocycles. The zero-order valence-corrected chi connectivity index (χ0v) is 11.2. The molecule has 19 heavy (non-hydrogen) atoms. The van der Waals surface area contributed by atoms with Gasteiger partial charge in [-0.05, 0) is 36.6 Å². The van der Waals surface area contributed by atoms with Crippen molar-refractivity contribution in [3.63, 3.8) is 0 Å². The number of benzene rings is 1. The van der Waals surface area contributed by atoms with Crippen molar-refractivity contribution in [3.05, 3.63) is 29.3 Å². The lowest BCUT2D eigenvalue weighted by Crippen LogP contribution is -2.32. The fourth-order valence-electron chi connectivity index (χ4n) is 2.92. The van der Waals surface area contributed by atoms with E-state index in [1.54, 1.807) is 0 Å². The van der Waals surface area contributed by atoms with Crippen molar-refractivity contribution in [1.82, 2.24) is 5.43 Å². The Morgan fingerprint density at radius 3 is 2.89 bits per heavy atom. The van der Waals surface area contributed by atoms with Gasteiger partial charge in [-0.1, -0.05) is 19.3 Å². The van der Waals surface area contributed by atoms with Crippen molar-refractivity contribution in [1.29, 1.82) is 0 Å². The number of hydrazine groups is 1. The molecule has 102 valence electrons. The summed E-state index contributed by atoms with van der Waals surface area (Å²) in [7, 11) is 0. The van der Waals surface area contributed by atoms with E-state index >= 15 is 0 Å². The standard InChI is InChI=1S/C15H21N3O/c16-18-15(17-13-4-2-1-3-5-13)12-6-7-14-11(10-12)8-9-19-14/h6-7,10,13H,1-5,8-9,16H2,(H,17,18). The number of hydrogen-bond acceptors (Lipinski definition) is 3. The van der Waals surface area contributed by atoms with E-state index in [9.17, 15) is 0 Å². The maximum absolute atomic E-state index is 5.66. The van der Waals surface area contributed by atoms with Crippen LogP contribution < -0.4 is 16.0 Å². The monoisotopic (exact) mass is 259 g/mol.